The maximum Gasteiger partial charge on any atom is 0.264 e. The molecule has 0 unspecified atom stereocenters. The molecule has 232 valence electrons. The molecule has 9 nitrogen and oxygen atoms in total. The molecule has 11 heteroatoms. The fraction of sp³-hybridized carbons (Fsp3) is 0.375. The maximum atomic E-state index is 14.3. The molecule has 43 heavy (non-hydrogen) atoms. The van der Waals surface area contributed by atoms with Crippen LogP contribution in [0.5, 0.6) is 11.5 Å². The van der Waals surface area contributed by atoms with Crippen LogP contribution in [0.2, 0.25) is 5.02 Å². The summed E-state index contributed by atoms with van der Waals surface area (Å²) in [4.78, 5) is 29.1. The van der Waals surface area contributed by atoms with Crippen molar-refractivity contribution in [1.82, 2.24) is 10.2 Å². The van der Waals surface area contributed by atoms with E-state index in [0.29, 0.717) is 34.9 Å². The number of sulfonamides is 1. The maximum absolute atomic E-state index is 14.3. The highest BCUT2D eigenvalue weighted by Crippen LogP contribution is 2.34. The van der Waals surface area contributed by atoms with Gasteiger partial charge in [-0.3, -0.25) is 13.9 Å². The lowest BCUT2D eigenvalue weighted by Crippen LogP contribution is -2.53. The van der Waals surface area contributed by atoms with Crippen LogP contribution in [0.25, 0.3) is 0 Å². The third kappa shape index (κ3) is 8.20. The second kappa shape index (κ2) is 15.1. The molecule has 2 atom stereocenters. The molecule has 0 aliphatic rings. The SMILES string of the molecule is CC[C@@H](C)NC(=O)[C@@H](CC)N(Cc1ccccc1Cl)C(=O)CN(c1ccc(OC)c(OC)c1)S(=O)(=O)c1ccc(C)cc1. The van der Waals surface area contributed by atoms with Gasteiger partial charge in [0, 0.05) is 23.7 Å². The van der Waals surface area contributed by atoms with E-state index in [1.165, 1.54) is 37.3 Å². The first-order chi connectivity index (χ1) is 20.5. The molecule has 0 aromatic heterocycles. The van der Waals surface area contributed by atoms with Gasteiger partial charge in [0.05, 0.1) is 24.8 Å². The monoisotopic (exact) mass is 629 g/mol. The van der Waals surface area contributed by atoms with E-state index in [9.17, 15) is 18.0 Å². The smallest absolute Gasteiger partial charge is 0.264 e. The molecular formula is C32H40ClN3O6S. The van der Waals surface area contributed by atoms with E-state index in [1.54, 1.807) is 48.5 Å². The number of benzene rings is 3. The minimum absolute atomic E-state index is 0.00922. The summed E-state index contributed by atoms with van der Waals surface area (Å²) in [7, 11) is -1.32. The normalized spacial score (nSPS) is 12.6. The van der Waals surface area contributed by atoms with Crippen molar-refractivity contribution in [3.8, 4) is 11.5 Å². The van der Waals surface area contributed by atoms with E-state index >= 15 is 0 Å². The Kier molecular flexibility index (Phi) is 11.9. The molecule has 0 heterocycles. The highest BCUT2D eigenvalue weighted by atomic mass is 35.5. The molecule has 2 amide bonds. The van der Waals surface area contributed by atoms with Crippen LogP contribution in [-0.4, -0.2) is 58.0 Å². The van der Waals surface area contributed by atoms with Gasteiger partial charge in [0.1, 0.15) is 12.6 Å². The Labute approximate surface area is 259 Å². The van der Waals surface area contributed by atoms with Gasteiger partial charge in [0.25, 0.3) is 10.0 Å². The number of rotatable bonds is 14. The van der Waals surface area contributed by atoms with Crippen LogP contribution in [0.3, 0.4) is 0 Å². The van der Waals surface area contributed by atoms with Crippen molar-refractivity contribution in [1.29, 1.82) is 0 Å². The number of carbonyl (C=O) groups excluding carboxylic acids is 2. The highest BCUT2D eigenvalue weighted by molar-refractivity contribution is 7.92. The number of nitrogens with zero attached hydrogens (tertiary/aromatic N) is 2. The summed E-state index contributed by atoms with van der Waals surface area (Å²) in [5, 5.41) is 3.39. The number of halogens is 1. The number of nitrogens with one attached hydrogen (secondary N) is 1. The van der Waals surface area contributed by atoms with Crippen molar-refractivity contribution in [2.45, 2.75) is 64.1 Å². The van der Waals surface area contributed by atoms with Crippen LogP contribution < -0.4 is 19.1 Å². The van der Waals surface area contributed by atoms with Crippen LogP contribution in [0.4, 0.5) is 5.69 Å². The first kappa shape index (κ1) is 33.7. The largest absolute Gasteiger partial charge is 0.493 e. The highest BCUT2D eigenvalue weighted by Gasteiger charge is 2.34. The van der Waals surface area contributed by atoms with Crippen molar-refractivity contribution in [3.63, 3.8) is 0 Å². The number of aryl methyl sites for hydroxylation is 1. The summed E-state index contributed by atoms with van der Waals surface area (Å²) in [6, 6.07) is 17.1. The Bertz CT molecular complexity index is 1510. The van der Waals surface area contributed by atoms with Gasteiger partial charge >= 0.3 is 0 Å². The predicted molar refractivity (Wildman–Crippen MR) is 169 cm³/mol. The number of ether oxygens (including phenoxy) is 2. The van der Waals surface area contributed by atoms with Crippen molar-refractivity contribution in [2.75, 3.05) is 25.1 Å². The molecule has 0 radical (unpaired) electrons. The van der Waals surface area contributed by atoms with Crippen molar-refractivity contribution < 1.29 is 27.5 Å². The van der Waals surface area contributed by atoms with Gasteiger partial charge in [-0.2, -0.15) is 0 Å². The summed E-state index contributed by atoms with van der Waals surface area (Å²) in [6.45, 7) is 6.93. The second-order valence-corrected chi connectivity index (χ2v) is 12.5. The van der Waals surface area contributed by atoms with Crippen LogP contribution in [-0.2, 0) is 26.2 Å². The molecule has 0 aliphatic heterocycles. The third-order valence-corrected chi connectivity index (χ3v) is 9.39. The molecule has 3 aromatic rings. The first-order valence-electron chi connectivity index (χ1n) is 14.1. The quantitative estimate of drug-likeness (QED) is 0.250. The number of amides is 2. The zero-order valence-corrected chi connectivity index (χ0v) is 27.0. The van der Waals surface area contributed by atoms with E-state index < -0.39 is 28.5 Å². The number of anilines is 1. The zero-order valence-electron chi connectivity index (χ0n) is 25.5. The van der Waals surface area contributed by atoms with Crippen LogP contribution in [0.15, 0.2) is 71.6 Å². The Morgan fingerprint density at radius 2 is 1.58 bits per heavy atom. The van der Waals surface area contributed by atoms with Gasteiger partial charge in [-0.1, -0.05) is 61.3 Å². The molecular weight excluding hydrogens is 590 g/mol. The Hall–Kier alpha value is -3.76. The standard InChI is InChI=1S/C32H40ClN3O6S/c1-7-23(4)34-32(38)28(8-2)35(20-24-11-9-10-12-27(24)33)31(37)21-36(25-15-18-29(41-5)30(19-25)42-6)43(39,40)26-16-13-22(3)14-17-26/h9-19,23,28H,7-8,20-21H2,1-6H3,(H,34,38)/t23-,28-/m1/s1. The predicted octanol–water partition coefficient (Wildman–Crippen LogP) is 5.58. The molecule has 3 rings (SSSR count). The van der Waals surface area contributed by atoms with Gasteiger partial charge in [-0.05, 0) is 62.6 Å². The molecule has 0 spiro atoms. The lowest BCUT2D eigenvalue weighted by molar-refractivity contribution is -0.140. The number of hydrogen-bond acceptors (Lipinski definition) is 6. The van der Waals surface area contributed by atoms with Crippen LogP contribution in [0.1, 0.15) is 44.7 Å². The molecule has 0 saturated carbocycles. The van der Waals surface area contributed by atoms with Gasteiger partial charge < -0.3 is 19.7 Å². The van der Waals surface area contributed by atoms with E-state index in [2.05, 4.69) is 5.32 Å². The number of methoxy groups -OCH3 is 2. The minimum atomic E-state index is -4.24. The average molecular weight is 630 g/mol. The second-order valence-electron chi connectivity index (χ2n) is 10.2. The Morgan fingerprint density at radius 3 is 2.16 bits per heavy atom. The average Bonchev–Trinajstić information content (AvgIpc) is 3.00. The molecule has 0 fully saturated rings. The molecule has 3 aromatic carbocycles. The van der Waals surface area contributed by atoms with Crippen molar-refractivity contribution in [3.05, 3.63) is 82.9 Å². The fourth-order valence-corrected chi connectivity index (χ4v) is 6.12. The number of hydrogen-bond donors (Lipinski definition) is 1. The summed E-state index contributed by atoms with van der Waals surface area (Å²) in [5.74, 6) is -0.199. The van der Waals surface area contributed by atoms with Gasteiger partial charge in [0.15, 0.2) is 11.5 Å². The van der Waals surface area contributed by atoms with Crippen molar-refractivity contribution in [2.24, 2.45) is 0 Å². The lowest BCUT2D eigenvalue weighted by atomic mass is 10.1. The molecule has 0 aliphatic carbocycles. The van der Waals surface area contributed by atoms with Crippen molar-refractivity contribution >= 4 is 39.1 Å². The summed E-state index contributed by atoms with van der Waals surface area (Å²) < 4.78 is 40.0. The Morgan fingerprint density at radius 1 is 0.930 bits per heavy atom. The van der Waals surface area contributed by atoms with E-state index in [0.717, 1.165) is 9.87 Å². The van der Waals surface area contributed by atoms with E-state index in [1.807, 2.05) is 27.7 Å². The first-order valence-corrected chi connectivity index (χ1v) is 15.9. The zero-order chi connectivity index (χ0) is 31.7. The molecule has 1 N–H and O–H groups in total. The molecule has 0 saturated heterocycles. The summed E-state index contributed by atoms with van der Waals surface area (Å²) >= 11 is 6.47. The van der Waals surface area contributed by atoms with E-state index in [4.69, 9.17) is 21.1 Å². The lowest BCUT2D eigenvalue weighted by Gasteiger charge is -2.34. The van der Waals surface area contributed by atoms with Gasteiger partial charge in [-0.15, -0.1) is 0 Å². The number of carbonyl (C=O) groups is 2. The van der Waals surface area contributed by atoms with Gasteiger partial charge in [-0.25, -0.2) is 8.42 Å². The van der Waals surface area contributed by atoms with Crippen LogP contribution >= 0.6 is 11.6 Å². The van der Waals surface area contributed by atoms with Crippen LogP contribution in [0, 0.1) is 6.92 Å². The third-order valence-electron chi connectivity index (χ3n) is 7.23. The molecule has 0 bridgehead atoms. The summed E-state index contributed by atoms with van der Waals surface area (Å²) in [6.07, 6.45) is 1.02. The van der Waals surface area contributed by atoms with E-state index in [-0.39, 0.29) is 29.1 Å². The minimum Gasteiger partial charge on any atom is -0.493 e. The fourth-order valence-electron chi connectivity index (χ4n) is 4.52. The van der Waals surface area contributed by atoms with Gasteiger partial charge in [0.2, 0.25) is 11.8 Å². The summed E-state index contributed by atoms with van der Waals surface area (Å²) in [5.41, 5.74) is 1.71. The topological polar surface area (TPSA) is 105 Å². The Balaban J connectivity index is 2.13.